The van der Waals surface area contributed by atoms with E-state index in [9.17, 15) is 4.79 Å². The minimum absolute atomic E-state index is 0.0348. The topological polar surface area (TPSA) is 54.3 Å². The highest BCUT2D eigenvalue weighted by atomic mass is 16.3. The molecule has 2 atom stereocenters. The fourth-order valence-electron chi connectivity index (χ4n) is 1.36. The van der Waals surface area contributed by atoms with Gasteiger partial charge in [0.1, 0.15) is 5.76 Å². The highest BCUT2D eigenvalue weighted by Gasteiger charge is 2.16. The Kier molecular flexibility index (Phi) is 4.37. The maximum atomic E-state index is 11.6. The molecule has 84 valence electrons. The molecule has 1 aromatic rings. The second-order valence-electron chi connectivity index (χ2n) is 3.70. The number of hydrogen-bond acceptors (Lipinski definition) is 3. The minimum Gasteiger partial charge on any atom is -0.467 e. The predicted molar refractivity (Wildman–Crippen MR) is 58.4 cm³/mol. The van der Waals surface area contributed by atoms with E-state index in [1.165, 1.54) is 0 Å². The van der Waals surface area contributed by atoms with Crippen LogP contribution >= 0.6 is 0 Å². The molecule has 0 aliphatic carbocycles. The standard InChI is InChI=1S/C11H18N2O2/c1-8(7-12-3)11(14)13-9(2)10-5-4-6-15-10/h4-6,8-9,12H,7H2,1-3H3,(H,13,14)/t8?,9-/m1/s1. The van der Waals surface area contributed by atoms with Crippen LogP contribution in [0.4, 0.5) is 0 Å². The van der Waals surface area contributed by atoms with Gasteiger partial charge in [0.15, 0.2) is 0 Å². The van der Waals surface area contributed by atoms with Gasteiger partial charge in [0, 0.05) is 12.5 Å². The van der Waals surface area contributed by atoms with Gasteiger partial charge in [-0.3, -0.25) is 4.79 Å². The van der Waals surface area contributed by atoms with Crippen LogP contribution in [0.15, 0.2) is 22.8 Å². The maximum Gasteiger partial charge on any atom is 0.224 e. The molecule has 2 N–H and O–H groups in total. The normalized spacial score (nSPS) is 14.6. The van der Waals surface area contributed by atoms with Crippen molar-refractivity contribution in [2.45, 2.75) is 19.9 Å². The van der Waals surface area contributed by atoms with Crippen LogP contribution in [0.25, 0.3) is 0 Å². The lowest BCUT2D eigenvalue weighted by molar-refractivity contribution is -0.125. The fraction of sp³-hybridized carbons (Fsp3) is 0.545. The van der Waals surface area contributed by atoms with Crippen LogP contribution in [0.3, 0.4) is 0 Å². The second kappa shape index (κ2) is 5.56. The van der Waals surface area contributed by atoms with E-state index >= 15 is 0 Å². The third-order valence-corrected chi connectivity index (χ3v) is 2.29. The molecule has 0 radical (unpaired) electrons. The lowest BCUT2D eigenvalue weighted by Crippen LogP contribution is -2.35. The Morgan fingerprint density at radius 2 is 2.27 bits per heavy atom. The van der Waals surface area contributed by atoms with E-state index in [2.05, 4.69) is 10.6 Å². The summed E-state index contributed by atoms with van der Waals surface area (Å²) in [6.07, 6.45) is 1.61. The number of nitrogens with one attached hydrogen (secondary N) is 2. The second-order valence-corrected chi connectivity index (χ2v) is 3.70. The summed E-state index contributed by atoms with van der Waals surface area (Å²) in [5.41, 5.74) is 0. The largest absolute Gasteiger partial charge is 0.467 e. The molecule has 1 rings (SSSR count). The first-order valence-corrected chi connectivity index (χ1v) is 5.13. The van der Waals surface area contributed by atoms with E-state index in [0.717, 1.165) is 5.76 Å². The zero-order valence-corrected chi connectivity index (χ0v) is 9.41. The molecule has 0 fully saturated rings. The first-order chi connectivity index (χ1) is 7.15. The lowest BCUT2D eigenvalue weighted by atomic mass is 10.1. The van der Waals surface area contributed by atoms with Crippen LogP contribution in [0.1, 0.15) is 25.6 Å². The Bertz CT molecular complexity index is 296. The van der Waals surface area contributed by atoms with E-state index in [-0.39, 0.29) is 17.9 Å². The van der Waals surface area contributed by atoms with Crippen LogP contribution < -0.4 is 10.6 Å². The van der Waals surface area contributed by atoms with Crippen LogP contribution in [-0.4, -0.2) is 19.5 Å². The van der Waals surface area contributed by atoms with Crippen molar-refractivity contribution >= 4 is 5.91 Å². The Morgan fingerprint density at radius 3 is 2.80 bits per heavy atom. The summed E-state index contributed by atoms with van der Waals surface area (Å²) >= 11 is 0. The van der Waals surface area contributed by atoms with E-state index in [1.54, 1.807) is 6.26 Å². The zero-order valence-electron chi connectivity index (χ0n) is 9.41. The molecule has 1 amide bonds. The molecular formula is C11H18N2O2. The van der Waals surface area contributed by atoms with Crippen molar-refractivity contribution in [1.29, 1.82) is 0 Å². The van der Waals surface area contributed by atoms with Gasteiger partial charge >= 0.3 is 0 Å². The molecule has 4 nitrogen and oxygen atoms in total. The van der Waals surface area contributed by atoms with Crippen molar-refractivity contribution in [2.75, 3.05) is 13.6 Å². The van der Waals surface area contributed by atoms with Crippen LogP contribution in [0.5, 0.6) is 0 Å². The molecule has 0 saturated heterocycles. The Labute approximate surface area is 90.0 Å². The number of amides is 1. The molecular weight excluding hydrogens is 192 g/mol. The van der Waals surface area contributed by atoms with Gasteiger partial charge in [-0.25, -0.2) is 0 Å². The van der Waals surface area contributed by atoms with Crippen molar-refractivity contribution in [2.24, 2.45) is 5.92 Å². The first-order valence-electron chi connectivity index (χ1n) is 5.13. The van der Waals surface area contributed by atoms with Gasteiger partial charge in [0.05, 0.1) is 12.3 Å². The van der Waals surface area contributed by atoms with Gasteiger partial charge in [0.25, 0.3) is 0 Å². The van der Waals surface area contributed by atoms with Crippen LogP contribution in [-0.2, 0) is 4.79 Å². The van der Waals surface area contributed by atoms with Crippen molar-refractivity contribution in [3.63, 3.8) is 0 Å². The summed E-state index contributed by atoms with van der Waals surface area (Å²) in [5, 5.41) is 5.87. The highest BCUT2D eigenvalue weighted by Crippen LogP contribution is 2.12. The molecule has 1 aromatic heterocycles. The summed E-state index contributed by atoms with van der Waals surface area (Å²) in [5.74, 6) is 0.778. The fourth-order valence-corrected chi connectivity index (χ4v) is 1.36. The Morgan fingerprint density at radius 1 is 1.53 bits per heavy atom. The minimum atomic E-state index is -0.0770. The van der Waals surface area contributed by atoms with Crippen LogP contribution in [0, 0.1) is 5.92 Å². The maximum absolute atomic E-state index is 11.6. The van der Waals surface area contributed by atoms with Gasteiger partial charge in [-0.05, 0) is 26.1 Å². The van der Waals surface area contributed by atoms with Crippen LogP contribution in [0.2, 0.25) is 0 Å². The molecule has 0 aromatic carbocycles. The van der Waals surface area contributed by atoms with E-state index < -0.39 is 0 Å². The Hall–Kier alpha value is -1.29. The molecule has 0 spiro atoms. The predicted octanol–water partition coefficient (Wildman–Crippen LogP) is 1.31. The van der Waals surface area contributed by atoms with E-state index in [4.69, 9.17) is 4.42 Å². The monoisotopic (exact) mass is 210 g/mol. The lowest BCUT2D eigenvalue weighted by Gasteiger charge is -2.15. The van der Waals surface area contributed by atoms with E-state index in [0.29, 0.717) is 6.54 Å². The van der Waals surface area contributed by atoms with Crippen molar-refractivity contribution in [3.8, 4) is 0 Å². The highest BCUT2D eigenvalue weighted by molar-refractivity contribution is 5.78. The van der Waals surface area contributed by atoms with Crippen molar-refractivity contribution in [1.82, 2.24) is 10.6 Å². The van der Waals surface area contributed by atoms with E-state index in [1.807, 2.05) is 33.0 Å². The smallest absolute Gasteiger partial charge is 0.224 e. The zero-order chi connectivity index (χ0) is 11.3. The van der Waals surface area contributed by atoms with Gasteiger partial charge in [-0.2, -0.15) is 0 Å². The number of rotatable bonds is 5. The summed E-state index contributed by atoms with van der Waals surface area (Å²) in [6.45, 7) is 4.47. The van der Waals surface area contributed by atoms with Gasteiger partial charge < -0.3 is 15.1 Å². The average Bonchev–Trinajstić information content (AvgIpc) is 2.70. The third-order valence-electron chi connectivity index (χ3n) is 2.29. The number of carbonyl (C=O) groups excluding carboxylic acids is 1. The van der Waals surface area contributed by atoms with Gasteiger partial charge in [0.2, 0.25) is 5.91 Å². The quantitative estimate of drug-likeness (QED) is 0.770. The summed E-state index contributed by atoms with van der Waals surface area (Å²) in [4.78, 5) is 11.6. The summed E-state index contributed by atoms with van der Waals surface area (Å²) < 4.78 is 5.21. The molecule has 0 bridgehead atoms. The summed E-state index contributed by atoms with van der Waals surface area (Å²) in [6, 6.07) is 3.59. The van der Waals surface area contributed by atoms with Gasteiger partial charge in [-0.15, -0.1) is 0 Å². The molecule has 1 unspecified atom stereocenters. The average molecular weight is 210 g/mol. The number of carbonyl (C=O) groups is 1. The molecule has 0 aliphatic heterocycles. The Balaban J connectivity index is 2.44. The number of hydrogen-bond donors (Lipinski definition) is 2. The van der Waals surface area contributed by atoms with Gasteiger partial charge in [-0.1, -0.05) is 6.92 Å². The molecule has 0 aliphatic rings. The molecule has 4 heteroatoms. The third kappa shape index (κ3) is 3.40. The molecule has 0 saturated carbocycles. The summed E-state index contributed by atoms with van der Waals surface area (Å²) in [7, 11) is 1.83. The molecule has 1 heterocycles. The molecule has 15 heavy (non-hydrogen) atoms. The van der Waals surface area contributed by atoms with Crippen molar-refractivity contribution < 1.29 is 9.21 Å². The number of furan rings is 1. The SMILES string of the molecule is CNCC(C)C(=O)N[C@H](C)c1ccco1. The van der Waals surface area contributed by atoms with Crippen molar-refractivity contribution in [3.05, 3.63) is 24.2 Å². The first kappa shape index (κ1) is 11.8.